The normalized spacial score (nSPS) is 16.8. The molecule has 0 fully saturated rings. The summed E-state index contributed by atoms with van der Waals surface area (Å²) >= 11 is 0. The van der Waals surface area contributed by atoms with Crippen LogP contribution in [0.5, 0.6) is 0 Å². The molecule has 1 amide bonds. The van der Waals surface area contributed by atoms with Gasteiger partial charge in [-0.3, -0.25) is 4.79 Å². The Morgan fingerprint density at radius 3 is 3.12 bits per heavy atom. The fourth-order valence-corrected chi connectivity index (χ4v) is 3.52. The van der Waals surface area contributed by atoms with Crippen molar-refractivity contribution in [2.75, 3.05) is 0 Å². The Labute approximate surface area is 146 Å². The van der Waals surface area contributed by atoms with E-state index in [1.165, 1.54) is 5.56 Å². The van der Waals surface area contributed by atoms with Crippen LogP contribution in [-0.4, -0.2) is 26.7 Å². The van der Waals surface area contributed by atoms with E-state index in [9.17, 15) is 4.79 Å². The monoisotopic (exact) mass is 338 g/mol. The van der Waals surface area contributed by atoms with Gasteiger partial charge in [0.05, 0.1) is 12.7 Å². The fourth-order valence-electron chi connectivity index (χ4n) is 3.52. The van der Waals surface area contributed by atoms with E-state index in [-0.39, 0.29) is 11.9 Å². The standard InChI is InChI=1S/C19H22N4O2/c1-3-13-4-6-16-14(11-25-17(16)8-13)9-19(24)20-15-5-7-18-22-21-12(2)23(18)10-15/h4,6,8,11,15H,3,5,7,9-10H2,1-2H3,(H,20,24)/t15-/m1/s1. The first kappa shape index (κ1) is 15.9. The van der Waals surface area contributed by atoms with Gasteiger partial charge in [-0.15, -0.1) is 10.2 Å². The number of aromatic nitrogens is 3. The van der Waals surface area contributed by atoms with Gasteiger partial charge in [0.15, 0.2) is 0 Å². The third-order valence-electron chi connectivity index (χ3n) is 4.98. The Hall–Kier alpha value is -2.63. The second-order valence-corrected chi connectivity index (χ2v) is 6.70. The fraction of sp³-hybridized carbons (Fsp3) is 0.421. The van der Waals surface area contributed by atoms with Gasteiger partial charge in [-0.2, -0.15) is 0 Å². The van der Waals surface area contributed by atoms with Crippen molar-refractivity contribution in [1.29, 1.82) is 0 Å². The van der Waals surface area contributed by atoms with E-state index < -0.39 is 0 Å². The number of carbonyl (C=O) groups excluding carboxylic acids is 1. The van der Waals surface area contributed by atoms with Gasteiger partial charge in [-0.25, -0.2) is 0 Å². The number of furan rings is 1. The van der Waals surface area contributed by atoms with Gasteiger partial charge >= 0.3 is 0 Å². The van der Waals surface area contributed by atoms with Crippen LogP contribution in [0.2, 0.25) is 0 Å². The van der Waals surface area contributed by atoms with Crippen LogP contribution < -0.4 is 5.32 Å². The maximum absolute atomic E-state index is 12.5. The Bertz CT molecular complexity index is 925. The highest BCUT2D eigenvalue weighted by atomic mass is 16.3. The summed E-state index contributed by atoms with van der Waals surface area (Å²) in [7, 11) is 0. The highest BCUT2D eigenvalue weighted by Crippen LogP contribution is 2.23. The summed E-state index contributed by atoms with van der Waals surface area (Å²) in [5, 5.41) is 12.4. The molecule has 0 radical (unpaired) electrons. The van der Waals surface area contributed by atoms with Gasteiger partial charge in [-0.05, 0) is 31.4 Å². The van der Waals surface area contributed by atoms with E-state index >= 15 is 0 Å². The Balaban J connectivity index is 1.44. The summed E-state index contributed by atoms with van der Waals surface area (Å²) in [6.45, 7) is 4.81. The van der Waals surface area contributed by atoms with Gasteiger partial charge in [-0.1, -0.05) is 19.1 Å². The molecule has 0 saturated carbocycles. The van der Waals surface area contributed by atoms with Crippen molar-refractivity contribution in [2.24, 2.45) is 0 Å². The van der Waals surface area contributed by atoms with Crippen molar-refractivity contribution in [1.82, 2.24) is 20.1 Å². The molecule has 130 valence electrons. The van der Waals surface area contributed by atoms with Crippen molar-refractivity contribution in [2.45, 2.75) is 52.1 Å². The number of carbonyl (C=O) groups is 1. The molecule has 0 saturated heterocycles. The smallest absolute Gasteiger partial charge is 0.224 e. The van der Waals surface area contributed by atoms with Gasteiger partial charge in [0, 0.05) is 30.0 Å². The molecule has 0 bridgehead atoms. The first-order valence-corrected chi connectivity index (χ1v) is 8.81. The minimum absolute atomic E-state index is 0.0291. The van der Waals surface area contributed by atoms with E-state index in [0.29, 0.717) is 6.42 Å². The molecule has 25 heavy (non-hydrogen) atoms. The molecular formula is C19H22N4O2. The lowest BCUT2D eigenvalue weighted by molar-refractivity contribution is -0.121. The topological polar surface area (TPSA) is 73.0 Å². The van der Waals surface area contributed by atoms with Crippen molar-refractivity contribution in [3.63, 3.8) is 0 Å². The van der Waals surface area contributed by atoms with E-state index in [1.807, 2.05) is 19.1 Å². The predicted octanol–water partition coefficient (Wildman–Crippen LogP) is 2.57. The molecule has 2 aromatic heterocycles. The molecule has 6 heteroatoms. The third-order valence-corrected chi connectivity index (χ3v) is 4.98. The van der Waals surface area contributed by atoms with Gasteiger partial charge in [0.25, 0.3) is 0 Å². The zero-order chi connectivity index (χ0) is 17.4. The lowest BCUT2D eigenvalue weighted by atomic mass is 10.0. The molecule has 1 aliphatic heterocycles. The van der Waals surface area contributed by atoms with E-state index in [1.54, 1.807) is 6.26 Å². The van der Waals surface area contributed by atoms with Crippen LogP contribution in [0.3, 0.4) is 0 Å². The third kappa shape index (κ3) is 3.04. The van der Waals surface area contributed by atoms with Crippen LogP contribution in [0.15, 0.2) is 28.9 Å². The summed E-state index contributed by atoms with van der Waals surface area (Å²) in [5.74, 6) is 1.94. The molecular weight excluding hydrogens is 316 g/mol. The number of benzene rings is 1. The Kier molecular flexibility index (Phi) is 4.03. The molecule has 3 heterocycles. The number of hydrogen-bond donors (Lipinski definition) is 1. The van der Waals surface area contributed by atoms with E-state index in [4.69, 9.17) is 4.42 Å². The predicted molar refractivity (Wildman–Crippen MR) is 94.3 cm³/mol. The SMILES string of the molecule is CCc1ccc2c(CC(=O)N[C@@H]3CCc4nnc(C)n4C3)coc2c1. The first-order chi connectivity index (χ1) is 12.1. The number of hydrogen-bond acceptors (Lipinski definition) is 4. The molecule has 0 aliphatic carbocycles. The molecule has 1 N–H and O–H groups in total. The maximum atomic E-state index is 12.5. The number of rotatable bonds is 4. The molecule has 1 atom stereocenters. The largest absolute Gasteiger partial charge is 0.464 e. The van der Waals surface area contributed by atoms with Crippen LogP contribution in [0.4, 0.5) is 0 Å². The highest BCUT2D eigenvalue weighted by molar-refractivity contribution is 5.88. The molecule has 0 spiro atoms. The van der Waals surface area contributed by atoms with Crippen LogP contribution in [-0.2, 0) is 30.6 Å². The van der Waals surface area contributed by atoms with Crippen molar-refractivity contribution < 1.29 is 9.21 Å². The van der Waals surface area contributed by atoms with Crippen molar-refractivity contribution >= 4 is 16.9 Å². The number of fused-ring (bicyclic) bond motifs is 2. The van der Waals surface area contributed by atoms with E-state index in [0.717, 1.165) is 54.0 Å². The second-order valence-electron chi connectivity index (χ2n) is 6.70. The van der Waals surface area contributed by atoms with Crippen molar-refractivity contribution in [3.05, 3.63) is 47.2 Å². The number of amides is 1. The minimum atomic E-state index is 0.0291. The molecule has 1 aliphatic rings. The summed E-state index contributed by atoms with van der Waals surface area (Å²) in [5.41, 5.74) is 3.02. The summed E-state index contributed by atoms with van der Waals surface area (Å²) in [4.78, 5) is 12.5. The summed E-state index contributed by atoms with van der Waals surface area (Å²) in [6, 6.07) is 6.32. The molecule has 3 aromatic rings. The summed E-state index contributed by atoms with van der Waals surface area (Å²) < 4.78 is 7.72. The number of aryl methyl sites for hydroxylation is 3. The van der Waals surface area contributed by atoms with Gasteiger partial charge in [0.2, 0.25) is 5.91 Å². The number of nitrogens with zero attached hydrogens (tertiary/aromatic N) is 3. The molecule has 1 aromatic carbocycles. The summed E-state index contributed by atoms with van der Waals surface area (Å²) in [6.07, 6.45) is 4.75. The molecule has 6 nitrogen and oxygen atoms in total. The van der Waals surface area contributed by atoms with Crippen LogP contribution >= 0.6 is 0 Å². The van der Waals surface area contributed by atoms with Crippen LogP contribution in [0.25, 0.3) is 11.0 Å². The zero-order valence-corrected chi connectivity index (χ0v) is 14.6. The average Bonchev–Trinajstić information content (AvgIpc) is 3.18. The molecule has 4 rings (SSSR count). The van der Waals surface area contributed by atoms with E-state index in [2.05, 4.69) is 33.1 Å². The lowest BCUT2D eigenvalue weighted by Gasteiger charge is -2.24. The number of nitrogens with one attached hydrogen (secondary N) is 1. The average molecular weight is 338 g/mol. The first-order valence-electron chi connectivity index (χ1n) is 8.81. The van der Waals surface area contributed by atoms with Crippen molar-refractivity contribution in [3.8, 4) is 0 Å². The quantitative estimate of drug-likeness (QED) is 0.793. The Morgan fingerprint density at radius 1 is 1.40 bits per heavy atom. The maximum Gasteiger partial charge on any atom is 0.224 e. The molecule has 0 unspecified atom stereocenters. The lowest BCUT2D eigenvalue weighted by Crippen LogP contribution is -2.41. The van der Waals surface area contributed by atoms with Gasteiger partial charge in [0.1, 0.15) is 17.2 Å². The highest BCUT2D eigenvalue weighted by Gasteiger charge is 2.23. The second kappa shape index (κ2) is 6.35. The van der Waals surface area contributed by atoms with Crippen LogP contribution in [0, 0.1) is 6.92 Å². The van der Waals surface area contributed by atoms with Gasteiger partial charge < -0.3 is 14.3 Å². The van der Waals surface area contributed by atoms with Crippen LogP contribution in [0.1, 0.15) is 36.1 Å². The Morgan fingerprint density at radius 2 is 2.28 bits per heavy atom. The minimum Gasteiger partial charge on any atom is -0.464 e. The zero-order valence-electron chi connectivity index (χ0n) is 14.6.